The molecule has 0 aliphatic rings. The van der Waals surface area contributed by atoms with Crippen molar-refractivity contribution in [3.05, 3.63) is 53.3 Å². The van der Waals surface area contributed by atoms with Gasteiger partial charge in [-0.2, -0.15) is 4.31 Å². The van der Waals surface area contributed by atoms with E-state index in [4.69, 9.17) is 9.47 Å². The zero-order valence-electron chi connectivity index (χ0n) is 17.1. The van der Waals surface area contributed by atoms with E-state index in [2.05, 4.69) is 5.32 Å². The van der Waals surface area contributed by atoms with Crippen LogP contribution in [0, 0.1) is 5.82 Å². The van der Waals surface area contributed by atoms with Crippen molar-refractivity contribution < 1.29 is 31.9 Å². The predicted molar refractivity (Wildman–Crippen MR) is 109 cm³/mol. The maximum absolute atomic E-state index is 14.3. The standard InChI is InChI=1S/C20H23FN2O6S/c1-5-23(6-2)30(26,27)14-8-9-17(21)15(12-14)19(24)22-18-10-7-13(28-3)11-16(18)20(25)29-4/h7-12H,5-6H2,1-4H3,(H,22,24). The topological polar surface area (TPSA) is 102 Å². The molecular formula is C20H23FN2O6S. The number of amides is 1. The van der Waals surface area contributed by atoms with Gasteiger partial charge in [-0.05, 0) is 36.4 Å². The van der Waals surface area contributed by atoms with E-state index in [0.29, 0.717) is 5.75 Å². The molecule has 30 heavy (non-hydrogen) atoms. The zero-order chi connectivity index (χ0) is 22.5. The highest BCUT2D eigenvalue weighted by molar-refractivity contribution is 7.89. The van der Waals surface area contributed by atoms with Gasteiger partial charge < -0.3 is 14.8 Å². The molecule has 0 radical (unpaired) electrons. The van der Waals surface area contributed by atoms with Crippen molar-refractivity contribution in [2.75, 3.05) is 32.6 Å². The van der Waals surface area contributed by atoms with Crippen LogP contribution in [0.2, 0.25) is 0 Å². The summed E-state index contributed by atoms with van der Waals surface area (Å²) in [5, 5.41) is 2.43. The first-order chi connectivity index (χ1) is 14.2. The van der Waals surface area contributed by atoms with Gasteiger partial charge in [-0.3, -0.25) is 4.79 Å². The Bertz CT molecular complexity index is 1050. The Balaban J connectivity index is 2.45. The van der Waals surface area contributed by atoms with E-state index in [9.17, 15) is 22.4 Å². The SMILES string of the molecule is CCN(CC)S(=O)(=O)c1ccc(F)c(C(=O)Nc2ccc(OC)cc2C(=O)OC)c1. The van der Waals surface area contributed by atoms with Crippen LogP contribution in [-0.2, 0) is 14.8 Å². The summed E-state index contributed by atoms with van der Waals surface area (Å²) in [6.07, 6.45) is 0. The van der Waals surface area contributed by atoms with Crippen LogP contribution in [0.4, 0.5) is 10.1 Å². The molecule has 1 N–H and O–H groups in total. The number of esters is 1. The molecule has 0 saturated heterocycles. The van der Waals surface area contributed by atoms with Crippen LogP contribution in [0.25, 0.3) is 0 Å². The highest BCUT2D eigenvalue weighted by Crippen LogP contribution is 2.25. The molecule has 2 aromatic rings. The predicted octanol–water partition coefficient (Wildman–Crippen LogP) is 2.90. The third-order valence-corrected chi connectivity index (χ3v) is 6.45. The van der Waals surface area contributed by atoms with Crippen LogP contribution in [-0.4, -0.2) is 51.9 Å². The number of carbonyl (C=O) groups excluding carboxylic acids is 2. The Morgan fingerprint density at radius 1 is 1.03 bits per heavy atom. The van der Waals surface area contributed by atoms with E-state index in [1.165, 1.54) is 36.7 Å². The molecule has 0 aliphatic heterocycles. The second kappa shape index (κ2) is 9.68. The van der Waals surface area contributed by atoms with Crippen molar-refractivity contribution in [3.8, 4) is 5.75 Å². The van der Waals surface area contributed by atoms with Gasteiger partial charge in [0.1, 0.15) is 11.6 Å². The van der Waals surface area contributed by atoms with Crippen LogP contribution in [0.1, 0.15) is 34.6 Å². The molecule has 0 saturated carbocycles. The minimum Gasteiger partial charge on any atom is -0.497 e. The second-order valence-corrected chi connectivity index (χ2v) is 8.03. The Morgan fingerprint density at radius 2 is 1.70 bits per heavy atom. The molecule has 0 fully saturated rings. The number of carbonyl (C=O) groups is 2. The van der Waals surface area contributed by atoms with Gasteiger partial charge in [0.2, 0.25) is 10.0 Å². The fraction of sp³-hybridized carbons (Fsp3) is 0.300. The maximum Gasteiger partial charge on any atom is 0.340 e. The van der Waals surface area contributed by atoms with E-state index in [1.807, 2.05) is 0 Å². The number of ether oxygens (including phenoxy) is 2. The number of nitrogens with zero attached hydrogens (tertiary/aromatic N) is 1. The zero-order valence-corrected chi connectivity index (χ0v) is 17.9. The molecule has 0 unspecified atom stereocenters. The lowest BCUT2D eigenvalue weighted by Crippen LogP contribution is -2.31. The van der Waals surface area contributed by atoms with Crippen molar-refractivity contribution in [1.29, 1.82) is 0 Å². The van der Waals surface area contributed by atoms with Crippen LogP contribution in [0.3, 0.4) is 0 Å². The largest absolute Gasteiger partial charge is 0.497 e. The van der Waals surface area contributed by atoms with Crippen molar-refractivity contribution in [1.82, 2.24) is 4.31 Å². The first kappa shape index (κ1) is 23.3. The third kappa shape index (κ3) is 4.77. The monoisotopic (exact) mass is 438 g/mol. The lowest BCUT2D eigenvalue weighted by atomic mass is 10.1. The van der Waals surface area contributed by atoms with Crippen LogP contribution in [0.15, 0.2) is 41.3 Å². The number of nitrogens with one attached hydrogen (secondary N) is 1. The Labute approximate surface area is 174 Å². The summed E-state index contributed by atoms with van der Waals surface area (Å²) in [7, 11) is -1.30. The average Bonchev–Trinajstić information content (AvgIpc) is 2.74. The highest BCUT2D eigenvalue weighted by atomic mass is 32.2. The summed E-state index contributed by atoms with van der Waals surface area (Å²) in [6.45, 7) is 3.81. The first-order valence-corrected chi connectivity index (χ1v) is 10.5. The normalized spacial score (nSPS) is 11.3. The van der Waals surface area contributed by atoms with Gasteiger partial charge >= 0.3 is 5.97 Å². The van der Waals surface area contributed by atoms with Gasteiger partial charge in [0.15, 0.2) is 0 Å². The van der Waals surface area contributed by atoms with E-state index < -0.39 is 33.3 Å². The quantitative estimate of drug-likeness (QED) is 0.636. The fourth-order valence-corrected chi connectivity index (χ4v) is 4.26. The molecule has 0 aliphatic carbocycles. The number of hydrogen-bond donors (Lipinski definition) is 1. The van der Waals surface area contributed by atoms with Crippen LogP contribution in [0.5, 0.6) is 5.75 Å². The molecule has 162 valence electrons. The van der Waals surface area contributed by atoms with Crippen molar-refractivity contribution in [2.45, 2.75) is 18.7 Å². The summed E-state index contributed by atoms with van der Waals surface area (Å²) in [6, 6.07) is 7.25. The minimum absolute atomic E-state index is 0.00229. The van der Waals surface area contributed by atoms with Gasteiger partial charge in [-0.1, -0.05) is 13.8 Å². The number of anilines is 1. The number of sulfonamides is 1. The molecule has 8 nitrogen and oxygen atoms in total. The molecule has 10 heteroatoms. The van der Waals surface area contributed by atoms with Gasteiger partial charge in [0, 0.05) is 13.1 Å². The number of methoxy groups -OCH3 is 2. The minimum atomic E-state index is -3.89. The van der Waals surface area contributed by atoms with Crippen LogP contribution < -0.4 is 10.1 Å². The summed E-state index contributed by atoms with van der Waals surface area (Å²) in [4.78, 5) is 24.5. The van der Waals surface area contributed by atoms with E-state index in [0.717, 1.165) is 18.2 Å². The summed E-state index contributed by atoms with van der Waals surface area (Å²) in [5.41, 5.74) is -0.420. The lowest BCUT2D eigenvalue weighted by molar-refractivity contribution is 0.0601. The molecule has 0 aromatic heterocycles. The van der Waals surface area contributed by atoms with Gasteiger partial charge in [-0.25, -0.2) is 17.6 Å². The Kier molecular flexibility index (Phi) is 7.52. The number of rotatable bonds is 8. The third-order valence-electron chi connectivity index (χ3n) is 4.41. The molecule has 2 aromatic carbocycles. The average molecular weight is 438 g/mol. The van der Waals surface area contributed by atoms with Gasteiger partial charge in [-0.15, -0.1) is 0 Å². The van der Waals surface area contributed by atoms with Gasteiger partial charge in [0.05, 0.1) is 35.9 Å². The first-order valence-electron chi connectivity index (χ1n) is 9.06. The summed E-state index contributed by atoms with van der Waals surface area (Å²) >= 11 is 0. The smallest absolute Gasteiger partial charge is 0.340 e. The van der Waals surface area contributed by atoms with E-state index in [1.54, 1.807) is 13.8 Å². The molecule has 1 amide bonds. The number of halogens is 1. The molecule has 0 bridgehead atoms. The lowest BCUT2D eigenvalue weighted by Gasteiger charge is -2.19. The van der Waals surface area contributed by atoms with Crippen molar-refractivity contribution in [3.63, 3.8) is 0 Å². The summed E-state index contributed by atoms with van der Waals surface area (Å²) < 4.78 is 50.7. The Hall–Kier alpha value is -2.98. The molecule has 0 spiro atoms. The number of hydrogen-bond acceptors (Lipinski definition) is 6. The molecule has 2 rings (SSSR count). The molecule has 0 heterocycles. The molecular weight excluding hydrogens is 415 g/mol. The Morgan fingerprint density at radius 3 is 2.27 bits per heavy atom. The van der Waals surface area contributed by atoms with Crippen molar-refractivity contribution in [2.24, 2.45) is 0 Å². The fourth-order valence-electron chi connectivity index (χ4n) is 2.78. The summed E-state index contributed by atoms with van der Waals surface area (Å²) in [5.74, 6) is -2.20. The second-order valence-electron chi connectivity index (χ2n) is 6.09. The maximum atomic E-state index is 14.3. The van der Waals surface area contributed by atoms with Crippen LogP contribution >= 0.6 is 0 Å². The molecule has 0 atom stereocenters. The van der Waals surface area contributed by atoms with Crippen molar-refractivity contribution >= 4 is 27.6 Å². The van der Waals surface area contributed by atoms with Gasteiger partial charge in [0.25, 0.3) is 5.91 Å². The van der Waals surface area contributed by atoms with E-state index in [-0.39, 0.29) is 29.2 Å². The number of benzene rings is 2. The van der Waals surface area contributed by atoms with E-state index >= 15 is 0 Å². The highest BCUT2D eigenvalue weighted by Gasteiger charge is 2.25.